The van der Waals surface area contributed by atoms with Crippen LogP contribution in [0.3, 0.4) is 0 Å². The van der Waals surface area contributed by atoms with Crippen LogP contribution in [0, 0.1) is 11.3 Å². The Labute approximate surface area is 320 Å². The van der Waals surface area contributed by atoms with Gasteiger partial charge < -0.3 is 35.1 Å². The average Bonchev–Trinajstić information content (AvgIpc) is 3.60. The highest BCUT2D eigenvalue weighted by atomic mass is 32.1. The summed E-state index contributed by atoms with van der Waals surface area (Å²) in [7, 11) is 0. The zero-order valence-corrected chi connectivity index (χ0v) is 31.1. The van der Waals surface area contributed by atoms with Gasteiger partial charge in [0.15, 0.2) is 16.6 Å². The number of ether oxygens (including phenoxy) is 3. The molecule has 0 radical (unpaired) electrons. The molecule has 286 valence electrons. The van der Waals surface area contributed by atoms with E-state index in [0.717, 1.165) is 22.5 Å². The van der Waals surface area contributed by atoms with Gasteiger partial charge in [-0.1, -0.05) is 60.7 Å². The van der Waals surface area contributed by atoms with E-state index in [4.69, 9.17) is 19.6 Å². The first kappa shape index (κ1) is 38.4. The highest BCUT2D eigenvalue weighted by Gasteiger charge is 2.42. The molecule has 5 N–H and O–H groups in total. The number of aromatic nitrogens is 2. The summed E-state index contributed by atoms with van der Waals surface area (Å²) < 4.78 is 17.3. The van der Waals surface area contributed by atoms with Gasteiger partial charge >= 0.3 is 6.09 Å². The molecule has 2 saturated heterocycles. The molecule has 4 aromatic rings. The number of hydrogen-bond donors (Lipinski definition) is 5. The molecule has 17 heteroatoms. The van der Waals surface area contributed by atoms with E-state index in [1.807, 2.05) is 60.7 Å². The van der Waals surface area contributed by atoms with E-state index in [9.17, 15) is 24.0 Å². The number of amides is 5. The molecule has 4 heterocycles. The molecule has 0 bridgehead atoms. The molecule has 0 spiro atoms. The highest BCUT2D eigenvalue weighted by molar-refractivity contribution is 7.14. The van der Waals surface area contributed by atoms with Crippen molar-refractivity contribution >= 4 is 51.9 Å². The first-order valence-corrected chi connectivity index (χ1v) is 18.3. The molecule has 0 saturated carbocycles. The van der Waals surface area contributed by atoms with Gasteiger partial charge in [-0.05, 0) is 31.9 Å². The lowest BCUT2D eigenvalue weighted by atomic mass is 9.96. The molecule has 0 aliphatic carbocycles. The summed E-state index contributed by atoms with van der Waals surface area (Å²) in [4.78, 5) is 73.4. The number of β-lactam (4-membered cyclic amide) rings is 1. The summed E-state index contributed by atoms with van der Waals surface area (Å²) in [5, 5.41) is 20.2. The number of hydrogen-bond acceptors (Lipinski definition) is 12. The van der Waals surface area contributed by atoms with Crippen molar-refractivity contribution < 1.29 is 38.2 Å². The van der Waals surface area contributed by atoms with Crippen LogP contribution in [0.25, 0.3) is 0 Å². The highest BCUT2D eigenvalue weighted by Crippen LogP contribution is 2.30. The third kappa shape index (κ3) is 10.00. The lowest BCUT2D eigenvalue weighted by molar-refractivity contribution is -0.136. The summed E-state index contributed by atoms with van der Waals surface area (Å²) >= 11 is 1.01. The number of thiazole rings is 1. The number of carbonyl (C=O) groups excluding carboxylic acids is 5. The predicted molar refractivity (Wildman–Crippen MR) is 201 cm³/mol. The van der Waals surface area contributed by atoms with E-state index in [-0.39, 0.29) is 61.2 Å². The molecule has 2 aliphatic heterocycles. The van der Waals surface area contributed by atoms with Crippen LogP contribution < -0.4 is 30.7 Å². The third-order valence-electron chi connectivity index (χ3n) is 8.46. The maximum atomic E-state index is 13.4. The number of nitrogens with zero attached hydrogens (tertiary/aromatic N) is 3. The largest absolute Gasteiger partial charge is 0.485 e. The standard InChI is InChI=1S/C38H40N8O8S/c1-38(2,3)54-37(51)45-36-43-27(21-55-36)30(39)33(48)44-31-26(42-34(31)49)15-41-32(47)24-17-46(18-24)35(50)25-14-28(52-19-22-10-6-4-7-11-22)29(16-40-25)53-20-23-12-8-5-9-13-23/h4-14,16,21,24,26,31,39H,15,17-20H2,1-3H3,(H,41,47)(H,42,49)(H,44,48)(H,43,45,51). The Morgan fingerprint density at radius 1 is 0.945 bits per heavy atom. The Balaban J connectivity index is 0.975. The molecular weight excluding hydrogens is 729 g/mol. The SMILES string of the molecule is CC(C)(C)OC(=O)Nc1nc(C(=N)C(=O)NC2C(=O)NC2CNC(=O)C2CN(C(=O)c3cc(OCc4ccccc4)c(OCc4ccccc4)cn3)C2)cs1. The molecule has 2 aromatic heterocycles. The normalized spacial score (nSPS) is 16.4. The van der Waals surface area contributed by atoms with Gasteiger partial charge in [0, 0.05) is 31.1 Å². The van der Waals surface area contributed by atoms with Crippen LogP contribution in [0.15, 0.2) is 78.3 Å². The average molecular weight is 769 g/mol. The van der Waals surface area contributed by atoms with Crippen molar-refractivity contribution in [3.05, 3.63) is 101 Å². The van der Waals surface area contributed by atoms with Crippen LogP contribution in [-0.4, -0.2) is 87.6 Å². The minimum absolute atomic E-state index is 0.000645. The van der Waals surface area contributed by atoms with Gasteiger partial charge in [0.05, 0.1) is 18.2 Å². The van der Waals surface area contributed by atoms with Crippen molar-refractivity contribution in [3.63, 3.8) is 0 Å². The van der Waals surface area contributed by atoms with Crippen LogP contribution >= 0.6 is 11.3 Å². The maximum Gasteiger partial charge on any atom is 0.413 e. The molecule has 2 atom stereocenters. The second-order valence-corrected chi connectivity index (χ2v) is 14.7. The van der Waals surface area contributed by atoms with Crippen molar-refractivity contribution in [2.45, 2.75) is 51.7 Å². The Morgan fingerprint density at radius 2 is 1.58 bits per heavy atom. The monoisotopic (exact) mass is 768 g/mol. The van der Waals surface area contributed by atoms with Crippen molar-refractivity contribution in [2.24, 2.45) is 5.92 Å². The van der Waals surface area contributed by atoms with Crippen LogP contribution in [0.5, 0.6) is 11.5 Å². The van der Waals surface area contributed by atoms with E-state index in [1.54, 1.807) is 26.8 Å². The van der Waals surface area contributed by atoms with Gasteiger partial charge in [-0.2, -0.15) is 0 Å². The number of carbonyl (C=O) groups is 5. The molecule has 55 heavy (non-hydrogen) atoms. The first-order chi connectivity index (χ1) is 26.3. The minimum atomic E-state index is -0.991. The molecule has 6 rings (SSSR count). The Bertz CT molecular complexity index is 2070. The van der Waals surface area contributed by atoms with E-state index < -0.39 is 47.2 Å². The fraction of sp³-hybridized carbons (Fsp3) is 0.316. The molecule has 5 amide bonds. The minimum Gasteiger partial charge on any atom is -0.485 e. The Kier molecular flexibility index (Phi) is 11.7. The fourth-order valence-corrected chi connectivity index (χ4v) is 6.19. The Hall–Kier alpha value is -6.36. The third-order valence-corrected chi connectivity index (χ3v) is 9.21. The van der Waals surface area contributed by atoms with Crippen LogP contribution in [0.1, 0.15) is 48.1 Å². The maximum absolute atomic E-state index is 13.4. The van der Waals surface area contributed by atoms with Crippen LogP contribution in [0.2, 0.25) is 0 Å². The molecule has 2 unspecified atom stereocenters. The predicted octanol–water partition coefficient (Wildman–Crippen LogP) is 3.28. The van der Waals surface area contributed by atoms with Gasteiger partial charge in [-0.15, -0.1) is 11.3 Å². The molecule has 16 nitrogen and oxygen atoms in total. The lowest BCUT2D eigenvalue weighted by Gasteiger charge is -2.40. The van der Waals surface area contributed by atoms with Crippen LogP contribution in [-0.2, 0) is 32.3 Å². The lowest BCUT2D eigenvalue weighted by Crippen LogP contribution is -2.72. The van der Waals surface area contributed by atoms with Crippen molar-refractivity contribution in [2.75, 3.05) is 25.0 Å². The molecular formula is C38H40N8O8S. The zero-order valence-electron chi connectivity index (χ0n) is 30.3. The number of benzene rings is 2. The summed E-state index contributed by atoms with van der Waals surface area (Å²) in [6.45, 7) is 6.00. The number of likely N-dealkylation sites (tertiary alicyclic amines) is 1. The number of rotatable bonds is 14. The number of pyridine rings is 1. The van der Waals surface area contributed by atoms with Crippen molar-refractivity contribution in [1.82, 2.24) is 30.8 Å². The first-order valence-electron chi connectivity index (χ1n) is 17.4. The van der Waals surface area contributed by atoms with Gasteiger partial charge in [0.1, 0.15) is 42.0 Å². The second kappa shape index (κ2) is 16.8. The van der Waals surface area contributed by atoms with E-state index in [0.29, 0.717) is 11.5 Å². The van der Waals surface area contributed by atoms with E-state index >= 15 is 0 Å². The number of anilines is 1. The van der Waals surface area contributed by atoms with Gasteiger partial charge in [-0.25, -0.2) is 14.8 Å². The van der Waals surface area contributed by atoms with Gasteiger partial charge in [0.2, 0.25) is 11.8 Å². The van der Waals surface area contributed by atoms with E-state index in [2.05, 4.69) is 31.2 Å². The molecule has 2 fully saturated rings. The van der Waals surface area contributed by atoms with Crippen molar-refractivity contribution in [1.29, 1.82) is 5.41 Å². The van der Waals surface area contributed by atoms with E-state index in [1.165, 1.54) is 16.5 Å². The van der Waals surface area contributed by atoms with Gasteiger partial charge in [0.25, 0.3) is 11.8 Å². The summed E-state index contributed by atoms with van der Waals surface area (Å²) in [5.74, 6) is -1.75. The molecule has 2 aliphatic rings. The number of nitrogens with one attached hydrogen (secondary N) is 5. The summed E-state index contributed by atoms with van der Waals surface area (Å²) in [5.41, 5.74) is 0.813. The smallest absolute Gasteiger partial charge is 0.413 e. The summed E-state index contributed by atoms with van der Waals surface area (Å²) in [6.07, 6.45) is 0.732. The Morgan fingerprint density at radius 3 is 2.20 bits per heavy atom. The van der Waals surface area contributed by atoms with Gasteiger partial charge in [-0.3, -0.25) is 29.9 Å². The quantitative estimate of drug-likeness (QED) is 0.0933. The topological polar surface area (TPSA) is 214 Å². The summed E-state index contributed by atoms with van der Waals surface area (Å²) in [6, 6.07) is 19.2. The van der Waals surface area contributed by atoms with Crippen molar-refractivity contribution in [3.8, 4) is 11.5 Å². The fourth-order valence-electron chi connectivity index (χ4n) is 5.50. The van der Waals surface area contributed by atoms with Crippen LogP contribution in [0.4, 0.5) is 9.93 Å². The molecule has 2 aromatic carbocycles. The zero-order chi connectivity index (χ0) is 39.1. The second-order valence-electron chi connectivity index (χ2n) is 13.8.